The number of rotatable bonds is 6. The van der Waals surface area contributed by atoms with Crippen molar-refractivity contribution in [3.63, 3.8) is 0 Å². The van der Waals surface area contributed by atoms with Gasteiger partial charge in [-0.25, -0.2) is 4.79 Å². The zero-order valence-electron chi connectivity index (χ0n) is 11.1. The van der Waals surface area contributed by atoms with Crippen LogP contribution in [0.3, 0.4) is 0 Å². The summed E-state index contributed by atoms with van der Waals surface area (Å²) in [5.74, 6) is -2.04. The smallest absolute Gasteiger partial charge is 0.326 e. The monoisotopic (exact) mass is 281 g/mol. The van der Waals surface area contributed by atoms with Crippen LogP contribution in [-0.4, -0.2) is 43.2 Å². The van der Waals surface area contributed by atoms with Crippen LogP contribution in [0.4, 0.5) is 0 Å². The molecule has 0 radical (unpaired) electrons. The van der Waals surface area contributed by atoms with Gasteiger partial charge in [-0.3, -0.25) is 9.59 Å². The number of carbonyl (C=O) groups excluding carboxylic acids is 2. The molecule has 0 aromatic heterocycles. The Morgan fingerprint density at radius 2 is 1.80 bits per heavy atom. The standard InChI is InChI=1S/C13H15NO6/c1-19-9-5-3-8(4-6-9)12(16)14-10(13(17)18)7-11(15)20-2/h3-6,10H,7H2,1-2H3,(H,14,16)(H,17,18)/t10-/m0/s1. The molecule has 0 saturated heterocycles. The van der Waals surface area contributed by atoms with Gasteiger partial charge in [-0.15, -0.1) is 0 Å². The van der Waals surface area contributed by atoms with Crippen LogP contribution < -0.4 is 10.1 Å². The SMILES string of the molecule is COC(=O)C[C@H](NC(=O)c1ccc(OC)cc1)C(=O)O. The molecule has 0 aliphatic heterocycles. The second kappa shape index (κ2) is 7.13. The van der Waals surface area contributed by atoms with E-state index in [1.54, 1.807) is 12.1 Å². The van der Waals surface area contributed by atoms with Crippen molar-refractivity contribution in [3.8, 4) is 5.75 Å². The number of carbonyl (C=O) groups is 3. The van der Waals surface area contributed by atoms with E-state index in [9.17, 15) is 14.4 Å². The summed E-state index contributed by atoms with van der Waals surface area (Å²) in [7, 11) is 2.64. The highest BCUT2D eigenvalue weighted by Crippen LogP contribution is 2.11. The Morgan fingerprint density at radius 1 is 1.20 bits per heavy atom. The van der Waals surface area contributed by atoms with Crippen LogP contribution in [0.1, 0.15) is 16.8 Å². The lowest BCUT2D eigenvalue weighted by molar-refractivity contribution is -0.147. The molecule has 20 heavy (non-hydrogen) atoms. The predicted octanol–water partition coefficient (Wildman–Crippen LogP) is 0.441. The Bertz CT molecular complexity index is 496. The van der Waals surface area contributed by atoms with Gasteiger partial charge in [0.1, 0.15) is 11.8 Å². The van der Waals surface area contributed by atoms with Crippen LogP contribution in [0.25, 0.3) is 0 Å². The van der Waals surface area contributed by atoms with E-state index >= 15 is 0 Å². The van der Waals surface area contributed by atoms with Crippen LogP contribution >= 0.6 is 0 Å². The molecule has 0 fully saturated rings. The Kier molecular flexibility index (Phi) is 5.52. The van der Waals surface area contributed by atoms with E-state index in [2.05, 4.69) is 10.1 Å². The summed E-state index contributed by atoms with van der Waals surface area (Å²) in [6, 6.07) is 4.80. The number of carboxylic acid groups (broad SMARTS) is 1. The van der Waals surface area contributed by atoms with E-state index in [-0.39, 0.29) is 5.56 Å². The number of hydrogen-bond acceptors (Lipinski definition) is 5. The van der Waals surface area contributed by atoms with Gasteiger partial charge in [-0.05, 0) is 24.3 Å². The molecule has 0 aliphatic rings. The summed E-state index contributed by atoms with van der Waals surface area (Å²) in [6.07, 6.45) is -0.437. The van der Waals surface area contributed by atoms with E-state index in [0.717, 1.165) is 7.11 Å². The van der Waals surface area contributed by atoms with Crippen LogP contribution in [0.5, 0.6) is 5.75 Å². The minimum Gasteiger partial charge on any atom is -0.497 e. The molecule has 1 aromatic carbocycles. The molecule has 0 aliphatic carbocycles. The maximum atomic E-state index is 11.9. The average Bonchev–Trinajstić information content (AvgIpc) is 2.46. The first kappa shape index (κ1) is 15.5. The van der Waals surface area contributed by atoms with Gasteiger partial charge in [-0.2, -0.15) is 0 Å². The third-order valence-corrected chi connectivity index (χ3v) is 2.55. The Balaban J connectivity index is 2.74. The number of methoxy groups -OCH3 is 2. The van der Waals surface area contributed by atoms with Crippen molar-refractivity contribution in [2.45, 2.75) is 12.5 Å². The third-order valence-electron chi connectivity index (χ3n) is 2.55. The predicted molar refractivity (Wildman–Crippen MR) is 68.5 cm³/mol. The van der Waals surface area contributed by atoms with Crippen molar-refractivity contribution in [1.82, 2.24) is 5.32 Å². The third kappa shape index (κ3) is 4.27. The van der Waals surface area contributed by atoms with Crippen molar-refractivity contribution in [1.29, 1.82) is 0 Å². The molecule has 0 heterocycles. The molecule has 0 bridgehead atoms. The molecule has 1 aromatic rings. The number of amides is 1. The van der Waals surface area contributed by atoms with Gasteiger partial charge in [0.15, 0.2) is 0 Å². The normalized spacial score (nSPS) is 11.3. The maximum Gasteiger partial charge on any atom is 0.326 e. The van der Waals surface area contributed by atoms with E-state index in [1.165, 1.54) is 19.2 Å². The summed E-state index contributed by atoms with van der Waals surface area (Å²) in [5, 5.41) is 11.2. The lowest BCUT2D eigenvalue weighted by Crippen LogP contribution is -2.42. The van der Waals surface area contributed by atoms with E-state index in [0.29, 0.717) is 5.75 Å². The van der Waals surface area contributed by atoms with Gasteiger partial charge < -0.3 is 19.9 Å². The Morgan fingerprint density at radius 3 is 2.25 bits per heavy atom. The summed E-state index contributed by atoms with van der Waals surface area (Å²) >= 11 is 0. The molecule has 0 saturated carbocycles. The molecular formula is C13H15NO6. The fourth-order valence-corrected chi connectivity index (χ4v) is 1.43. The zero-order valence-corrected chi connectivity index (χ0v) is 11.1. The van der Waals surface area contributed by atoms with Gasteiger partial charge in [0.25, 0.3) is 5.91 Å². The minimum absolute atomic E-state index is 0.266. The molecule has 1 rings (SSSR count). The summed E-state index contributed by atoms with van der Waals surface area (Å²) in [6.45, 7) is 0. The van der Waals surface area contributed by atoms with Gasteiger partial charge in [0, 0.05) is 5.56 Å². The van der Waals surface area contributed by atoms with Crippen molar-refractivity contribution >= 4 is 17.8 Å². The highest BCUT2D eigenvalue weighted by Gasteiger charge is 2.24. The molecule has 7 heteroatoms. The van der Waals surface area contributed by atoms with Crippen LogP contribution in [0.15, 0.2) is 24.3 Å². The van der Waals surface area contributed by atoms with Crippen LogP contribution in [-0.2, 0) is 14.3 Å². The summed E-state index contributed by atoms with van der Waals surface area (Å²) in [4.78, 5) is 33.9. The van der Waals surface area contributed by atoms with E-state index < -0.39 is 30.3 Å². The zero-order chi connectivity index (χ0) is 15.1. The number of ether oxygens (including phenoxy) is 2. The van der Waals surface area contributed by atoms with E-state index in [1.807, 2.05) is 0 Å². The molecule has 7 nitrogen and oxygen atoms in total. The second-order valence-corrected chi connectivity index (χ2v) is 3.87. The largest absolute Gasteiger partial charge is 0.497 e. The highest BCUT2D eigenvalue weighted by atomic mass is 16.5. The molecule has 108 valence electrons. The molecule has 1 atom stereocenters. The minimum atomic E-state index is -1.34. The fourth-order valence-electron chi connectivity index (χ4n) is 1.43. The van der Waals surface area contributed by atoms with Crippen molar-refractivity contribution in [2.24, 2.45) is 0 Å². The van der Waals surface area contributed by atoms with E-state index in [4.69, 9.17) is 9.84 Å². The second-order valence-electron chi connectivity index (χ2n) is 3.87. The van der Waals surface area contributed by atoms with Crippen molar-refractivity contribution in [3.05, 3.63) is 29.8 Å². The quantitative estimate of drug-likeness (QED) is 0.734. The maximum absolute atomic E-state index is 11.9. The number of carboxylic acids is 1. The van der Waals surface area contributed by atoms with Crippen molar-refractivity contribution in [2.75, 3.05) is 14.2 Å². The van der Waals surface area contributed by atoms with Gasteiger partial charge in [-0.1, -0.05) is 0 Å². The van der Waals surface area contributed by atoms with Gasteiger partial charge >= 0.3 is 11.9 Å². The number of aliphatic carboxylic acids is 1. The Hall–Kier alpha value is -2.57. The lowest BCUT2D eigenvalue weighted by Gasteiger charge is -2.13. The molecule has 2 N–H and O–H groups in total. The Labute approximate surface area is 115 Å². The molecule has 1 amide bonds. The summed E-state index contributed by atoms with van der Waals surface area (Å²) < 4.78 is 9.33. The molecule has 0 spiro atoms. The van der Waals surface area contributed by atoms with Gasteiger partial charge in [0.2, 0.25) is 0 Å². The molecule has 0 unspecified atom stereocenters. The number of hydrogen-bond donors (Lipinski definition) is 2. The average molecular weight is 281 g/mol. The first-order chi connectivity index (χ1) is 9.47. The number of benzene rings is 1. The highest BCUT2D eigenvalue weighted by molar-refractivity contribution is 5.97. The summed E-state index contributed by atoms with van der Waals surface area (Å²) in [5.41, 5.74) is 0.266. The number of nitrogens with one attached hydrogen (secondary N) is 1. The number of esters is 1. The van der Waals surface area contributed by atoms with Crippen molar-refractivity contribution < 1.29 is 29.0 Å². The first-order valence-electron chi connectivity index (χ1n) is 5.72. The first-order valence-corrected chi connectivity index (χ1v) is 5.72. The molecular weight excluding hydrogens is 266 g/mol. The van der Waals surface area contributed by atoms with Crippen LogP contribution in [0.2, 0.25) is 0 Å². The fraction of sp³-hybridized carbons (Fsp3) is 0.308. The van der Waals surface area contributed by atoms with Gasteiger partial charge in [0.05, 0.1) is 20.6 Å². The topological polar surface area (TPSA) is 102 Å². The lowest BCUT2D eigenvalue weighted by atomic mass is 10.1. The van der Waals surface area contributed by atoms with Crippen LogP contribution in [0, 0.1) is 0 Å².